The summed E-state index contributed by atoms with van der Waals surface area (Å²) in [6.45, 7) is 4.67. The van der Waals surface area contributed by atoms with Gasteiger partial charge in [-0.25, -0.2) is 4.79 Å². The molecular weight excluding hydrogens is 288 g/mol. The van der Waals surface area contributed by atoms with E-state index < -0.39 is 0 Å². The zero-order chi connectivity index (χ0) is 16.4. The van der Waals surface area contributed by atoms with Crippen LogP contribution in [0.2, 0.25) is 0 Å². The van der Waals surface area contributed by atoms with Crippen molar-refractivity contribution in [3.63, 3.8) is 0 Å². The summed E-state index contributed by atoms with van der Waals surface area (Å²) in [6, 6.07) is 6.18. The minimum absolute atomic E-state index is 0.0678. The largest absolute Gasteiger partial charge is 0.327 e. The van der Waals surface area contributed by atoms with Gasteiger partial charge in [-0.1, -0.05) is 6.07 Å². The molecule has 0 fully saturated rings. The van der Waals surface area contributed by atoms with Crippen LogP contribution in [-0.2, 0) is 19.3 Å². The number of carbonyl (C=O) groups excluding carboxylic acids is 1. The third kappa shape index (κ3) is 3.38. The number of rotatable bonds is 4. The minimum atomic E-state index is -0.0678. The number of hydrogen-bond acceptors (Lipinski definition) is 2. The molecule has 2 N–H and O–H groups in total. The average molecular weight is 312 g/mol. The predicted octanol–water partition coefficient (Wildman–Crippen LogP) is 3.22. The Morgan fingerprint density at radius 3 is 2.83 bits per heavy atom. The highest BCUT2D eigenvalue weighted by Gasteiger charge is 2.14. The lowest BCUT2D eigenvalue weighted by molar-refractivity contribution is 0.223. The standard InChI is InChI=1S/C18H24N4O/c1-12-17(13(2)21-20-12)9-10-22(3)18(23)19-16-8-7-14-5-4-6-15(14)11-16/h7-8,11H,4-6,9-10H2,1-3H3,(H,19,23)(H,20,21). The van der Waals surface area contributed by atoms with Crippen molar-refractivity contribution in [1.29, 1.82) is 0 Å². The van der Waals surface area contributed by atoms with E-state index in [2.05, 4.69) is 27.6 Å². The second-order valence-electron chi connectivity index (χ2n) is 6.35. The van der Waals surface area contributed by atoms with Gasteiger partial charge in [0.25, 0.3) is 0 Å². The summed E-state index contributed by atoms with van der Waals surface area (Å²) in [7, 11) is 1.83. The zero-order valence-electron chi connectivity index (χ0n) is 14.1. The Morgan fingerprint density at radius 2 is 2.09 bits per heavy atom. The minimum Gasteiger partial charge on any atom is -0.327 e. The molecule has 0 saturated carbocycles. The number of amides is 2. The first kappa shape index (κ1) is 15.6. The van der Waals surface area contributed by atoms with E-state index in [1.54, 1.807) is 4.90 Å². The van der Waals surface area contributed by atoms with Crippen molar-refractivity contribution in [3.8, 4) is 0 Å². The van der Waals surface area contributed by atoms with E-state index >= 15 is 0 Å². The van der Waals surface area contributed by atoms with E-state index in [0.29, 0.717) is 6.54 Å². The van der Waals surface area contributed by atoms with Gasteiger partial charge in [-0.15, -0.1) is 0 Å². The number of hydrogen-bond donors (Lipinski definition) is 2. The molecule has 0 spiro atoms. The maximum atomic E-state index is 12.3. The number of aromatic nitrogens is 2. The van der Waals surface area contributed by atoms with Gasteiger partial charge in [0.05, 0.1) is 5.69 Å². The maximum absolute atomic E-state index is 12.3. The van der Waals surface area contributed by atoms with Gasteiger partial charge >= 0.3 is 6.03 Å². The van der Waals surface area contributed by atoms with Crippen molar-refractivity contribution in [2.45, 2.75) is 39.5 Å². The number of H-pyrrole nitrogens is 1. The lowest BCUT2D eigenvalue weighted by Gasteiger charge is -2.18. The van der Waals surface area contributed by atoms with Crippen molar-refractivity contribution in [1.82, 2.24) is 15.1 Å². The van der Waals surface area contributed by atoms with Crippen molar-refractivity contribution in [2.75, 3.05) is 18.9 Å². The highest BCUT2D eigenvalue weighted by atomic mass is 16.2. The van der Waals surface area contributed by atoms with Crippen molar-refractivity contribution in [3.05, 3.63) is 46.3 Å². The van der Waals surface area contributed by atoms with Crippen molar-refractivity contribution >= 4 is 11.7 Å². The van der Waals surface area contributed by atoms with Gasteiger partial charge in [-0.3, -0.25) is 5.10 Å². The first-order valence-corrected chi connectivity index (χ1v) is 8.19. The summed E-state index contributed by atoms with van der Waals surface area (Å²) in [5, 5.41) is 10.2. The van der Waals surface area contributed by atoms with Crippen LogP contribution in [0.5, 0.6) is 0 Å². The third-order valence-electron chi connectivity index (χ3n) is 4.67. The molecule has 2 amide bonds. The Hall–Kier alpha value is -2.30. The van der Waals surface area contributed by atoms with Crippen LogP contribution in [0.25, 0.3) is 0 Å². The molecule has 0 aliphatic heterocycles. The highest BCUT2D eigenvalue weighted by Crippen LogP contribution is 2.25. The summed E-state index contributed by atoms with van der Waals surface area (Å²) < 4.78 is 0. The van der Waals surface area contributed by atoms with Gasteiger partial charge in [-0.2, -0.15) is 5.10 Å². The number of nitrogens with zero attached hydrogens (tertiary/aromatic N) is 2. The van der Waals surface area contributed by atoms with Gasteiger partial charge in [0.1, 0.15) is 0 Å². The monoisotopic (exact) mass is 312 g/mol. The van der Waals surface area contributed by atoms with E-state index in [9.17, 15) is 4.79 Å². The summed E-state index contributed by atoms with van der Waals surface area (Å²) >= 11 is 0. The Kier molecular flexibility index (Phi) is 4.37. The molecule has 0 bridgehead atoms. The first-order valence-electron chi connectivity index (χ1n) is 8.19. The molecule has 0 saturated heterocycles. The van der Waals surface area contributed by atoms with Crippen molar-refractivity contribution < 1.29 is 4.79 Å². The molecule has 122 valence electrons. The molecule has 2 aromatic rings. The third-order valence-corrected chi connectivity index (χ3v) is 4.67. The van der Waals surface area contributed by atoms with Crippen LogP contribution in [-0.4, -0.2) is 34.7 Å². The fourth-order valence-electron chi connectivity index (χ4n) is 3.19. The van der Waals surface area contributed by atoms with E-state index in [-0.39, 0.29) is 6.03 Å². The molecule has 0 radical (unpaired) electrons. The molecule has 1 aliphatic rings. The number of aryl methyl sites for hydroxylation is 4. The van der Waals surface area contributed by atoms with Crippen LogP contribution in [0.1, 0.15) is 34.5 Å². The molecule has 1 aromatic carbocycles. The predicted molar refractivity (Wildman–Crippen MR) is 91.9 cm³/mol. The fraction of sp³-hybridized carbons (Fsp3) is 0.444. The Morgan fingerprint density at radius 1 is 1.30 bits per heavy atom. The lowest BCUT2D eigenvalue weighted by atomic mass is 10.1. The number of carbonyl (C=O) groups is 1. The summed E-state index contributed by atoms with van der Waals surface area (Å²) in [5.41, 5.74) is 6.96. The Bertz CT molecular complexity index is 700. The quantitative estimate of drug-likeness (QED) is 0.910. The smallest absolute Gasteiger partial charge is 0.321 e. The molecule has 5 heteroatoms. The van der Waals surface area contributed by atoms with Crippen LogP contribution in [0.4, 0.5) is 10.5 Å². The average Bonchev–Trinajstić information content (AvgIpc) is 3.11. The van der Waals surface area contributed by atoms with Gasteiger partial charge in [0.2, 0.25) is 0 Å². The molecule has 1 heterocycles. The van der Waals surface area contributed by atoms with Crippen molar-refractivity contribution in [2.24, 2.45) is 0 Å². The van der Waals surface area contributed by atoms with Gasteiger partial charge in [-0.05, 0) is 68.4 Å². The van der Waals surface area contributed by atoms with Crippen LogP contribution in [0.15, 0.2) is 18.2 Å². The second kappa shape index (κ2) is 6.44. The molecule has 23 heavy (non-hydrogen) atoms. The number of fused-ring (bicyclic) bond motifs is 1. The number of urea groups is 1. The Labute approximate surface area is 137 Å². The summed E-state index contributed by atoms with van der Waals surface area (Å²) in [6.07, 6.45) is 4.30. The number of anilines is 1. The number of likely N-dealkylation sites (N-methyl/N-ethyl adjacent to an activating group) is 1. The van der Waals surface area contributed by atoms with Gasteiger partial charge in [0, 0.05) is 25.0 Å². The fourth-order valence-corrected chi connectivity index (χ4v) is 3.19. The zero-order valence-corrected chi connectivity index (χ0v) is 14.1. The summed E-state index contributed by atoms with van der Waals surface area (Å²) in [5.74, 6) is 0. The lowest BCUT2D eigenvalue weighted by Crippen LogP contribution is -2.33. The highest BCUT2D eigenvalue weighted by molar-refractivity contribution is 5.89. The van der Waals surface area contributed by atoms with Crippen LogP contribution in [0.3, 0.4) is 0 Å². The van der Waals surface area contributed by atoms with E-state index in [1.807, 2.05) is 27.0 Å². The molecular formula is C18H24N4O. The molecule has 1 aromatic heterocycles. The van der Waals surface area contributed by atoms with Gasteiger partial charge in [0.15, 0.2) is 0 Å². The number of benzene rings is 1. The SMILES string of the molecule is Cc1n[nH]c(C)c1CCN(C)C(=O)Nc1ccc2c(c1)CCC2. The molecule has 3 rings (SSSR count). The van der Waals surface area contributed by atoms with E-state index in [4.69, 9.17) is 0 Å². The van der Waals surface area contributed by atoms with E-state index in [0.717, 1.165) is 36.3 Å². The Balaban J connectivity index is 1.57. The maximum Gasteiger partial charge on any atom is 0.321 e. The summed E-state index contributed by atoms with van der Waals surface area (Å²) in [4.78, 5) is 14.1. The molecule has 0 atom stereocenters. The van der Waals surface area contributed by atoms with Crippen LogP contribution < -0.4 is 5.32 Å². The first-order chi connectivity index (χ1) is 11.0. The normalized spacial score (nSPS) is 13.0. The molecule has 0 unspecified atom stereocenters. The van der Waals surface area contributed by atoms with Gasteiger partial charge < -0.3 is 10.2 Å². The number of nitrogens with one attached hydrogen (secondary N) is 2. The molecule has 1 aliphatic carbocycles. The topological polar surface area (TPSA) is 61.0 Å². The van der Waals surface area contributed by atoms with E-state index in [1.165, 1.54) is 23.1 Å². The second-order valence-corrected chi connectivity index (χ2v) is 6.35. The van der Waals surface area contributed by atoms with Crippen LogP contribution >= 0.6 is 0 Å². The molecule has 5 nitrogen and oxygen atoms in total. The van der Waals surface area contributed by atoms with Crippen LogP contribution in [0, 0.1) is 13.8 Å². The number of aromatic amines is 1.